The third-order valence-corrected chi connectivity index (χ3v) is 3.86. The number of aliphatic hydroxyl groups is 3. The lowest BCUT2D eigenvalue weighted by molar-refractivity contribution is 0.0563. The molecule has 0 spiro atoms. The molecule has 0 aliphatic heterocycles. The van der Waals surface area contributed by atoms with Gasteiger partial charge in [0.25, 0.3) is 0 Å². The van der Waals surface area contributed by atoms with Crippen LogP contribution in [0.3, 0.4) is 0 Å². The summed E-state index contributed by atoms with van der Waals surface area (Å²) < 4.78 is 22.2. The van der Waals surface area contributed by atoms with Gasteiger partial charge >= 0.3 is 0 Å². The smallest absolute Gasteiger partial charge is 0.238 e. The molecule has 0 heterocycles. The molecule has 1 aromatic rings. The molecule has 0 aliphatic carbocycles. The van der Waals surface area contributed by atoms with Crippen molar-refractivity contribution in [3.05, 3.63) is 24.3 Å². The Labute approximate surface area is 127 Å². The van der Waals surface area contributed by atoms with Crippen molar-refractivity contribution < 1.29 is 23.7 Å². The average Bonchev–Trinajstić information content (AvgIpc) is 2.44. The van der Waals surface area contributed by atoms with Crippen LogP contribution in [-0.2, 0) is 10.0 Å². The fourth-order valence-electron chi connectivity index (χ4n) is 1.40. The minimum atomic E-state index is -3.76. The molecule has 8 nitrogen and oxygen atoms in total. The van der Waals surface area contributed by atoms with Crippen LogP contribution in [0.1, 0.15) is 0 Å². The van der Waals surface area contributed by atoms with E-state index in [1.54, 1.807) is 0 Å². The zero-order valence-corrected chi connectivity index (χ0v) is 12.6. The number of thiocarbonyl (C=S) groups is 1. The lowest BCUT2D eigenvalue weighted by Gasteiger charge is -2.30. The van der Waals surface area contributed by atoms with Crippen LogP contribution < -0.4 is 15.8 Å². The SMILES string of the molecule is NS(=O)(=O)c1ccc(NC(=S)NC(CO)(CO)CO)cc1. The van der Waals surface area contributed by atoms with E-state index < -0.39 is 35.4 Å². The quantitative estimate of drug-likeness (QED) is 0.339. The van der Waals surface area contributed by atoms with Gasteiger partial charge in [-0.2, -0.15) is 0 Å². The van der Waals surface area contributed by atoms with Crippen LogP contribution in [0.25, 0.3) is 0 Å². The first-order valence-corrected chi connectivity index (χ1v) is 7.76. The summed E-state index contributed by atoms with van der Waals surface area (Å²) in [6.45, 7) is -1.56. The first-order chi connectivity index (χ1) is 9.76. The number of nitrogens with two attached hydrogens (primary N) is 1. The zero-order chi connectivity index (χ0) is 16.1. The molecule has 21 heavy (non-hydrogen) atoms. The largest absolute Gasteiger partial charge is 0.394 e. The summed E-state index contributed by atoms with van der Waals surface area (Å²) in [4.78, 5) is -0.0395. The number of aliphatic hydroxyl groups excluding tert-OH is 3. The predicted octanol–water partition coefficient (Wildman–Crippen LogP) is -1.66. The van der Waals surface area contributed by atoms with E-state index in [2.05, 4.69) is 10.6 Å². The van der Waals surface area contributed by atoms with E-state index in [-0.39, 0.29) is 10.0 Å². The van der Waals surface area contributed by atoms with Crippen molar-refractivity contribution in [2.45, 2.75) is 10.4 Å². The highest BCUT2D eigenvalue weighted by Crippen LogP contribution is 2.13. The maximum atomic E-state index is 11.1. The van der Waals surface area contributed by atoms with Gasteiger partial charge in [0.2, 0.25) is 10.0 Å². The van der Waals surface area contributed by atoms with Gasteiger partial charge in [0, 0.05) is 5.69 Å². The van der Waals surface area contributed by atoms with E-state index in [0.717, 1.165) is 0 Å². The monoisotopic (exact) mass is 335 g/mol. The molecular formula is C11H17N3O5S2. The molecule has 0 unspecified atom stereocenters. The van der Waals surface area contributed by atoms with Gasteiger partial charge in [-0.25, -0.2) is 13.6 Å². The molecule has 0 saturated heterocycles. The highest BCUT2D eigenvalue weighted by Gasteiger charge is 2.28. The van der Waals surface area contributed by atoms with Crippen LogP contribution in [0.15, 0.2) is 29.2 Å². The van der Waals surface area contributed by atoms with E-state index in [4.69, 9.17) is 32.7 Å². The third-order valence-electron chi connectivity index (χ3n) is 2.73. The number of sulfonamides is 1. The molecule has 0 fully saturated rings. The number of hydrogen-bond donors (Lipinski definition) is 6. The number of primary sulfonamides is 1. The van der Waals surface area contributed by atoms with Gasteiger partial charge in [-0.05, 0) is 36.5 Å². The predicted molar refractivity (Wildman–Crippen MR) is 81.2 cm³/mol. The lowest BCUT2D eigenvalue weighted by atomic mass is 10.0. The van der Waals surface area contributed by atoms with Gasteiger partial charge in [-0.3, -0.25) is 0 Å². The summed E-state index contributed by atoms with van der Waals surface area (Å²) in [6, 6.07) is 5.51. The first kappa shape index (κ1) is 17.8. The first-order valence-electron chi connectivity index (χ1n) is 5.81. The molecule has 0 amide bonds. The summed E-state index contributed by atoms with van der Waals surface area (Å²) in [7, 11) is -3.76. The van der Waals surface area contributed by atoms with Crippen molar-refractivity contribution in [2.75, 3.05) is 25.1 Å². The number of benzene rings is 1. The molecular weight excluding hydrogens is 318 g/mol. The Morgan fingerprint density at radius 3 is 2.00 bits per heavy atom. The van der Waals surface area contributed by atoms with Crippen LogP contribution in [0.5, 0.6) is 0 Å². The van der Waals surface area contributed by atoms with Gasteiger partial charge < -0.3 is 26.0 Å². The van der Waals surface area contributed by atoms with Crippen molar-refractivity contribution in [2.24, 2.45) is 5.14 Å². The highest BCUT2D eigenvalue weighted by molar-refractivity contribution is 7.89. The average molecular weight is 335 g/mol. The van der Waals surface area contributed by atoms with Crippen LogP contribution in [0, 0.1) is 0 Å². The van der Waals surface area contributed by atoms with Crippen molar-refractivity contribution in [1.29, 1.82) is 0 Å². The maximum Gasteiger partial charge on any atom is 0.238 e. The molecule has 0 saturated carbocycles. The van der Waals surface area contributed by atoms with Crippen molar-refractivity contribution in [3.63, 3.8) is 0 Å². The normalized spacial score (nSPS) is 12.0. The topological polar surface area (TPSA) is 145 Å². The van der Waals surface area contributed by atoms with E-state index >= 15 is 0 Å². The molecule has 118 valence electrons. The molecule has 1 rings (SSSR count). The summed E-state index contributed by atoms with van der Waals surface area (Å²) in [6.07, 6.45) is 0. The summed E-state index contributed by atoms with van der Waals surface area (Å²) >= 11 is 4.99. The van der Waals surface area contributed by atoms with Crippen LogP contribution in [-0.4, -0.2) is 54.2 Å². The van der Waals surface area contributed by atoms with Gasteiger partial charge in [0.05, 0.1) is 24.7 Å². The van der Waals surface area contributed by atoms with Gasteiger partial charge in [-0.1, -0.05) is 0 Å². The van der Waals surface area contributed by atoms with Crippen LogP contribution in [0.4, 0.5) is 5.69 Å². The summed E-state index contributed by atoms with van der Waals surface area (Å²) in [5.41, 5.74) is -0.868. The van der Waals surface area contributed by atoms with E-state index in [0.29, 0.717) is 5.69 Å². The lowest BCUT2D eigenvalue weighted by Crippen LogP contribution is -2.58. The van der Waals surface area contributed by atoms with Gasteiger partial charge in [0.1, 0.15) is 5.54 Å². The summed E-state index contributed by atoms with van der Waals surface area (Å²) in [5.74, 6) is 0. The van der Waals surface area contributed by atoms with Crippen molar-refractivity contribution in [3.8, 4) is 0 Å². The Balaban J connectivity index is 2.76. The number of anilines is 1. The standard InChI is InChI=1S/C11H17N3O5S2/c12-21(18,19)9-3-1-8(2-4-9)13-10(20)14-11(5-15,6-16)7-17/h1-4,15-17H,5-7H2,(H2,12,18,19)(H2,13,14,20). The Hall–Kier alpha value is -1.30. The minimum Gasteiger partial charge on any atom is -0.394 e. The highest BCUT2D eigenvalue weighted by atomic mass is 32.2. The van der Waals surface area contributed by atoms with Crippen LogP contribution >= 0.6 is 12.2 Å². The molecule has 10 heteroatoms. The van der Waals surface area contributed by atoms with Gasteiger partial charge in [0.15, 0.2) is 5.11 Å². The fraction of sp³-hybridized carbons (Fsp3) is 0.364. The molecule has 0 atom stereocenters. The second kappa shape index (κ2) is 7.11. The van der Waals surface area contributed by atoms with E-state index in [9.17, 15) is 8.42 Å². The zero-order valence-electron chi connectivity index (χ0n) is 11.0. The Morgan fingerprint density at radius 2 is 1.62 bits per heavy atom. The molecule has 7 N–H and O–H groups in total. The number of hydrogen-bond acceptors (Lipinski definition) is 6. The summed E-state index contributed by atoms with van der Waals surface area (Å²) in [5, 5.41) is 37.9. The third kappa shape index (κ3) is 4.88. The van der Waals surface area contributed by atoms with E-state index in [1.165, 1.54) is 24.3 Å². The number of rotatable bonds is 6. The Kier molecular flexibility index (Phi) is 6.01. The van der Waals surface area contributed by atoms with E-state index in [1.807, 2.05) is 0 Å². The van der Waals surface area contributed by atoms with Gasteiger partial charge in [-0.15, -0.1) is 0 Å². The molecule has 0 aromatic heterocycles. The molecule has 0 aliphatic rings. The van der Waals surface area contributed by atoms with Crippen molar-refractivity contribution in [1.82, 2.24) is 5.32 Å². The Morgan fingerprint density at radius 1 is 1.14 bits per heavy atom. The molecule has 0 radical (unpaired) electrons. The second-order valence-corrected chi connectivity index (χ2v) is 6.37. The van der Waals surface area contributed by atoms with Crippen molar-refractivity contribution >= 4 is 33.0 Å². The molecule has 0 bridgehead atoms. The maximum absolute atomic E-state index is 11.1. The molecule has 1 aromatic carbocycles. The fourth-order valence-corrected chi connectivity index (χ4v) is 2.25. The number of nitrogens with one attached hydrogen (secondary N) is 2. The second-order valence-electron chi connectivity index (χ2n) is 4.40. The minimum absolute atomic E-state index is 0.0395. The van der Waals surface area contributed by atoms with Crippen LogP contribution in [0.2, 0.25) is 0 Å². The Bertz CT molecular complexity index is 576.